The Morgan fingerprint density at radius 3 is 2.47 bits per heavy atom. The number of carbonyl (C=O) groups is 1. The molecule has 32 heavy (non-hydrogen) atoms. The lowest BCUT2D eigenvalue weighted by atomic mass is 9.67. The third kappa shape index (κ3) is 4.47. The summed E-state index contributed by atoms with van der Waals surface area (Å²) in [5, 5.41) is 0. The fraction of sp³-hybridized carbons (Fsp3) is 0.731. The summed E-state index contributed by atoms with van der Waals surface area (Å²) < 4.78 is 29.9. The highest BCUT2D eigenvalue weighted by Gasteiger charge is 2.67. The van der Waals surface area contributed by atoms with Gasteiger partial charge in [0.1, 0.15) is 24.4 Å². The highest BCUT2D eigenvalue weighted by molar-refractivity contribution is 5.70. The van der Waals surface area contributed by atoms with Crippen LogP contribution in [0.5, 0.6) is 0 Å². The molecule has 2 fully saturated rings. The minimum absolute atomic E-state index is 0.0350. The van der Waals surface area contributed by atoms with Crippen LogP contribution in [0.25, 0.3) is 0 Å². The van der Waals surface area contributed by atoms with Gasteiger partial charge < -0.3 is 23.7 Å². The number of ether oxygens (including phenoxy) is 5. The van der Waals surface area contributed by atoms with E-state index in [2.05, 4.69) is 40.0 Å². The summed E-state index contributed by atoms with van der Waals surface area (Å²) in [6.45, 7) is 20.1. The van der Waals surface area contributed by atoms with Gasteiger partial charge in [-0.3, -0.25) is 4.79 Å². The largest absolute Gasteiger partial charge is 0.462 e. The molecule has 0 aromatic heterocycles. The molecule has 0 N–H and O–H groups in total. The molecule has 2 aliphatic heterocycles. The van der Waals surface area contributed by atoms with Gasteiger partial charge >= 0.3 is 5.97 Å². The van der Waals surface area contributed by atoms with Gasteiger partial charge in [0, 0.05) is 7.11 Å². The average Bonchev–Trinajstić information content (AvgIpc) is 3.18. The van der Waals surface area contributed by atoms with Gasteiger partial charge in [-0.05, 0) is 63.9 Å². The lowest BCUT2D eigenvalue weighted by Crippen LogP contribution is -2.45. The van der Waals surface area contributed by atoms with Crippen molar-refractivity contribution in [2.24, 2.45) is 23.7 Å². The molecule has 3 aliphatic rings. The fourth-order valence-electron chi connectivity index (χ4n) is 5.54. The van der Waals surface area contributed by atoms with Crippen LogP contribution in [0, 0.1) is 23.7 Å². The maximum absolute atomic E-state index is 13.0. The Hall–Kier alpha value is -1.47. The van der Waals surface area contributed by atoms with Crippen LogP contribution in [0.15, 0.2) is 37.0 Å². The Bertz CT molecular complexity index is 770. The van der Waals surface area contributed by atoms with Crippen LogP contribution in [0.3, 0.4) is 0 Å². The molecule has 180 valence electrons. The number of methoxy groups -OCH3 is 1. The summed E-state index contributed by atoms with van der Waals surface area (Å²) in [6, 6.07) is 0. The topological polar surface area (TPSA) is 63.2 Å². The number of allylic oxidation sites excluding steroid dienone is 3. The molecule has 0 unspecified atom stereocenters. The smallest absolute Gasteiger partial charge is 0.306 e. The maximum atomic E-state index is 13.0. The zero-order valence-electron chi connectivity index (χ0n) is 20.7. The first-order chi connectivity index (χ1) is 14.9. The Kier molecular flexibility index (Phi) is 7.12. The SMILES string of the molecule is C=C[C@@H]1[C@@H](C(C)C)CC=C(C)[C@@H]1CC(=O)OC[C@]1(C)O[C@@](C=C)(OC)[C@H]2OC(C)(C)O[C@H]21. The van der Waals surface area contributed by atoms with E-state index in [1.54, 1.807) is 13.2 Å². The van der Waals surface area contributed by atoms with E-state index in [9.17, 15) is 4.79 Å². The quantitative estimate of drug-likeness (QED) is 0.393. The van der Waals surface area contributed by atoms with E-state index in [4.69, 9.17) is 23.7 Å². The van der Waals surface area contributed by atoms with Gasteiger partial charge in [0.15, 0.2) is 5.79 Å². The van der Waals surface area contributed by atoms with Gasteiger partial charge in [-0.1, -0.05) is 38.2 Å². The van der Waals surface area contributed by atoms with Gasteiger partial charge in [-0.2, -0.15) is 0 Å². The van der Waals surface area contributed by atoms with Gasteiger partial charge in [0.05, 0.1) is 6.42 Å². The van der Waals surface area contributed by atoms with E-state index >= 15 is 0 Å². The standard InChI is InChI=1S/C26H40O6/c1-10-18-19(16(3)4)13-12-17(5)20(18)14-21(27)29-15-25(8)22-23(31-24(6,7)30-22)26(11-2,28-9)32-25/h10-12,16,18-20,22-23H,1-2,13-15H2,3-9H3/t18-,19-,20+,22-,23+,25+,26-/m1/s1. The Morgan fingerprint density at radius 1 is 1.25 bits per heavy atom. The number of esters is 1. The molecule has 0 aromatic carbocycles. The molecular weight excluding hydrogens is 408 g/mol. The maximum Gasteiger partial charge on any atom is 0.306 e. The Labute approximate surface area is 193 Å². The third-order valence-corrected chi connectivity index (χ3v) is 7.38. The molecule has 3 rings (SSSR count). The lowest BCUT2D eigenvalue weighted by molar-refractivity contribution is -0.286. The van der Waals surface area contributed by atoms with Crippen molar-refractivity contribution in [1.82, 2.24) is 0 Å². The average molecular weight is 449 g/mol. The van der Waals surface area contributed by atoms with E-state index < -0.39 is 29.4 Å². The Balaban J connectivity index is 1.71. The summed E-state index contributed by atoms with van der Waals surface area (Å²) in [4.78, 5) is 13.0. The Morgan fingerprint density at radius 2 is 1.91 bits per heavy atom. The van der Waals surface area contributed by atoms with Crippen molar-refractivity contribution in [3.05, 3.63) is 37.0 Å². The summed E-state index contributed by atoms with van der Waals surface area (Å²) in [7, 11) is 1.55. The van der Waals surface area contributed by atoms with Crippen LogP contribution in [0.1, 0.15) is 54.4 Å². The number of rotatable bonds is 8. The molecular formula is C26H40O6. The van der Waals surface area contributed by atoms with E-state index in [1.807, 2.05) is 26.8 Å². The molecule has 0 spiro atoms. The van der Waals surface area contributed by atoms with Gasteiger partial charge in [-0.25, -0.2) is 0 Å². The van der Waals surface area contributed by atoms with Crippen molar-refractivity contribution in [1.29, 1.82) is 0 Å². The number of carbonyl (C=O) groups excluding carboxylic acids is 1. The lowest BCUT2D eigenvalue weighted by Gasteiger charge is -2.38. The van der Waals surface area contributed by atoms with E-state index in [1.165, 1.54) is 5.57 Å². The number of fused-ring (bicyclic) bond motifs is 1. The van der Waals surface area contributed by atoms with Crippen LogP contribution >= 0.6 is 0 Å². The molecule has 6 heteroatoms. The van der Waals surface area contributed by atoms with Gasteiger partial charge in [-0.15, -0.1) is 6.58 Å². The van der Waals surface area contributed by atoms with Gasteiger partial charge in [0.25, 0.3) is 0 Å². The van der Waals surface area contributed by atoms with Crippen LogP contribution in [-0.4, -0.2) is 49.1 Å². The first kappa shape index (κ1) is 25.2. The fourth-order valence-corrected chi connectivity index (χ4v) is 5.54. The molecule has 0 amide bonds. The number of hydrogen-bond acceptors (Lipinski definition) is 6. The van der Waals surface area contributed by atoms with Crippen molar-refractivity contribution in [2.75, 3.05) is 13.7 Å². The van der Waals surface area contributed by atoms with E-state index in [-0.39, 0.29) is 24.4 Å². The van der Waals surface area contributed by atoms with Crippen molar-refractivity contribution in [3.8, 4) is 0 Å². The molecule has 0 saturated carbocycles. The summed E-state index contributed by atoms with van der Waals surface area (Å²) in [5.74, 6) is -0.872. The highest BCUT2D eigenvalue weighted by Crippen LogP contribution is 2.50. The molecule has 7 atom stereocenters. The minimum Gasteiger partial charge on any atom is -0.462 e. The zero-order valence-corrected chi connectivity index (χ0v) is 20.7. The minimum atomic E-state index is -1.17. The van der Waals surface area contributed by atoms with Crippen molar-refractivity contribution in [2.45, 2.75) is 83.8 Å². The second kappa shape index (κ2) is 9.05. The third-order valence-electron chi connectivity index (χ3n) is 7.38. The van der Waals surface area contributed by atoms with Gasteiger partial charge in [0.2, 0.25) is 5.79 Å². The van der Waals surface area contributed by atoms with Crippen molar-refractivity contribution < 1.29 is 28.5 Å². The number of hydrogen-bond donors (Lipinski definition) is 0. The predicted molar refractivity (Wildman–Crippen MR) is 123 cm³/mol. The second-order valence-electron chi connectivity index (χ2n) is 10.4. The summed E-state index contributed by atoms with van der Waals surface area (Å²) >= 11 is 0. The van der Waals surface area contributed by atoms with Crippen LogP contribution in [0.4, 0.5) is 0 Å². The molecule has 0 radical (unpaired) electrons. The van der Waals surface area contributed by atoms with Crippen LogP contribution in [0.2, 0.25) is 0 Å². The first-order valence-corrected chi connectivity index (χ1v) is 11.6. The normalized spacial score (nSPS) is 40.6. The molecule has 6 nitrogen and oxygen atoms in total. The van der Waals surface area contributed by atoms with E-state index in [0.29, 0.717) is 18.3 Å². The molecule has 0 bridgehead atoms. The van der Waals surface area contributed by atoms with Crippen molar-refractivity contribution in [3.63, 3.8) is 0 Å². The highest BCUT2D eigenvalue weighted by atomic mass is 16.8. The molecule has 1 aliphatic carbocycles. The second-order valence-corrected chi connectivity index (χ2v) is 10.4. The molecule has 2 heterocycles. The van der Waals surface area contributed by atoms with E-state index in [0.717, 1.165) is 6.42 Å². The van der Waals surface area contributed by atoms with Crippen LogP contribution in [-0.2, 0) is 28.5 Å². The molecule has 2 saturated heterocycles. The van der Waals surface area contributed by atoms with Crippen molar-refractivity contribution >= 4 is 5.97 Å². The monoisotopic (exact) mass is 448 g/mol. The summed E-state index contributed by atoms with van der Waals surface area (Å²) in [6.07, 6.45) is 6.21. The first-order valence-electron chi connectivity index (χ1n) is 11.6. The summed E-state index contributed by atoms with van der Waals surface area (Å²) in [5.41, 5.74) is 0.292. The van der Waals surface area contributed by atoms with Crippen LogP contribution < -0.4 is 0 Å². The predicted octanol–water partition coefficient (Wildman–Crippen LogP) is 4.80. The molecule has 0 aromatic rings. The zero-order chi connectivity index (χ0) is 23.9.